The maximum Gasteiger partial charge on any atom is 0.192 e. The fourth-order valence-corrected chi connectivity index (χ4v) is 1.40. The van der Waals surface area contributed by atoms with Gasteiger partial charge in [0.2, 0.25) is 0 Å². The zero-order chi connectivity index (χ0) is 10.2. The van der Waals surface area contributed by atoms with Crippen molar-refractivity contribution in [2.75, 3.05) is 0 Å². The second-order valence-corrected chi connectivity index (χ2v) is 3.23. The number of ketones is 1. The molecule has 0 saturated carbocycles. The van der Waals surface area contributed by atoms with Gasteiger partial charge in [-0.25, -0.2) is 0 Å². The summed E-state index contributed by atoms with van der Waals surface area (Å²) >= 11 is 0. The van der Waals surface area contributed by atoms with E-state index in [-0.39, 0.29) is 11.2 Å². The molecule has 0 aliphatic carbocycles. The third-order valence-corrected chi connectivity index (χ3v) is 2.33. The predicted molar refractivity (Wildman–Crippen MR) is 51.2 cm³/mol. The van der Waals surface area contributed by atoms with Gasteiger partial charge in [-0.05, 0) is 20.8 Å². The first-order chi connectivity index (χ1) is 5.95. The van der Waals surface area contributed by atoms with Gasteiger partial charge in [-0.15, -0.1) is 0 Å². The lowest BCUT2D eigenvalue weighted by molar-refractivity contribution is 0.101. The van der Waals surface area contributed by atoms with Gasteiger partial charge in [-0.3, -0.25) is 9.59 Å². The van der Waals surface area contributed by atoms with Crippen LogP contribution in [0.25, 0.3) is 0 Å². The van der Waals surface area contributed by atoms with E-state index in [0.717, 1.165) is 11.4 Å². The van der Waals surface area contributed by atoms with E-state index in [1.807, 2.05) is 18.5 Å². The Kier molecular flexibility index (Phi) is 2.36. The molecule has 0 amide bonds. The summed E-state index contributed by atoms with van der Waals surface area (Å²) in [5.41, 5.74) is 1.72. The maximum atomic E-state index is 11.4. The molecule has 0 aromatic carbocycles. The zero-order valence-electron chi connectivity index (χ0n) is 8.34. The largest absolute Gasteiger partial charge is 0.351 e. The molecular weight excluding hydrogens is 166 g/mol. The monoisotopic (exact) mass is 179 g/mol. The van der Waals surface area contributed by atoms with Crippen molar-refractivity contribution >= 4 is 5.78 Å². The Bertz CT molecular complexity index is 416. The molecule has 0 aliphatic rings. The molecule has 13 heavy (non-hydrogen) atoms. The zero-order valence-corrected chi connectivity index (χ0v) is 8.34. The molecule has 1 rings (SSSR count). The second kappa shape index (κ2) is 3.17. The molecule has 3 heteroatoms. The van der Waals surface area contributed by atoms with Crippen molar-refractivity contribution in [3.63, 3.8) is 0 Å². The molecule has 0 N–H and O–H groups in total. The predicted octanol–water partition coefficient (Wildman–Crippen LogP) is 1.20. The number of carbonyl (C=O) groups excluding carboxylic acids is 1. The first-order valence-corrected chi connectivity index (χ1v) is 4.13. The van der Waals surface area contributed by atoms with Gasteiger partial charge in [-0.1, -0.05) is 0 Å². The van der Waals surface area contributed by atoms with Crippen molar-refractivity contribution in [2.24, 2.45) is 7.05 Å². The first kappa shape index (κ1) is 9.71. The Balaban J connectivity index is 3.63. The van der Waals surface area contributed by atoms with Gasteiger partial charge in [0.15, 0.2) is 11.2 Å². The fourth-order valence-electron chi connectivity index (χ4n) is 1.40. The van der Waals surface area contributed by atoms with Crippen LogP contribution >= 0.6 is 0 Å². The third kappa shape index (κ3) is 1.54. The fraction of sp³-hybridized carbons (Fsp3) is 0.400. The number of nitrogens with zero attached hydrogens (tertiary/aromatic N) is 1. The molecule has 1 aromatic rings. The van der Waals surface area contributed by atoms with Crippen molar-refractivity contribution in [3.8, 4) is 0 Å². The minimum absolute atomic E-state index is 0.168. The van der Waals surface area contributed by atoms with Crippen LogP contribution in [0.15, 0.2) is 10.9 Å². The molecule has 0 fully saturated rings. The van der Waals surface area contributed by atoms with Gasteiger partial charge in [0, 0.05) is 24.5 Å². The minimum Gasteiger partial charge on any atom is -0.351 e. The topological polar surface area (TPSA) is 39.1 Å². The average molecular weight is 179 g/mol. The van der Waals surface area contributed by atoms with Crippen molar-refractivity contribution in [3.05, 3.63) is 33.2 Å². The van der Waals surface area contributed by atoms with Crippen LogP contribution in [0.2, 0.25) is 0 Å². The van der Waals surface area contributed by atoms with Crippen LogP contribution in [0.5, 0.6) is 0 Å². The summed E-state index contributed by atoms with van der Waals surface area (Å²) in [6.07, 6.45) is 0. The summed E-state index contributed by atoms with van der Waals surface area (Å²) in [6.45, 7) is 5.04. The van der Waals surface area contributed by atoms with E-state index in [0.29, 0.717) is 5.56 Å². The molecule has 0 aliphatic heterocycles. The number of hydrogen-bond donors (Lipinski definition) is 0. The Morgan fingerprint density at radius 3 is 2.38 bits per heavy atom. The maximum absolute atomic E-state index is 11.4. The summed E-state index contributed by atoms with van der Waals surface area (Å²) in [5.74, 6) is -0.168. The van der Waals surface area contributed by atoms with Crippen molar-refractivity contribution in [2.45, 2.75) is 20.8 Å². The van der Waals surface area contributed by atoms with Crippen molar-refractivity contribution in [1.82, 2.24) is 4.57 Å². The van der Waals surface area contributed by atoms with E-state index >= 15 is 0 Å². The highest BCUT2D eigenvalue weighted by Crippen LogP contribution is 2.05. The van der Waals surface area contributed by atoms with Crippen LogP contribution < -0.4 is 5.43 Å². The summed E-state index contributed by atoms with van der Waals surface area (Å²) < 4.78 is 1.85. The SMILES string of the molecule is CC(=O)c1c(C)n(C)c(C)cc1=O. The summed E-state index contributed by atoms with van der Waals surface area (Å²) in [4.78, 5) is 22.6. The van der Waals surface area contributed by atoms with Crippen LogP contribution in [-0.2, 0) is 7.05 Å². The highest BCUT2D eigenvalue weighted by molar-refractivity contribution is 5.94. The number of rotatable bonds is 1. The second-order valence-electron chi connectivity index (χ2n) is 3.23. The van der Waals surface area contributed by atoms with Gasteiger partial charge in [-0.2, -0.15) is 0 Å². The summed E-state index contributed by atoms with van der Waals surface area (Å²) in [6, 6.07) is 1.49. The van der Waals surface area contributed by atoms with Crippen LogP contribution in [0.4, 0.5) is 0 Å². The molecule has 1 heterocycles. The lowest BCUT2D eigenvalue weighted by atomic mass is 10.1. The molecule has 3 nitrogen and oxygen atoms in total. The Labute approximate surface area is 77.0 Å². The molecule has 0 bridgehead atoms. The highest BCUT2D eigenvalue weighted by Gasteiger charge is 2.11. The number of Topliss-reactive ketones (excluding diaryl/α,β-unsaturated/α-hetero) is 1. The quantitative estimate of drug-likeness (QED) is 0.608. The van der Waals surface area contributed by atoms with Gasteiger partial charge < -0.3 is 4.57 Å². The van der Waals surface area contributed by atoms with Crippen LogP contribution in [-0.4, -0.2) is 10.4 Å². The van der Waals surface area contributed by atoms with Gasteiger partial charge in [0.05, 0.1) is 5.56 Å². The van der Waals surface area contributed by atoms with Crippen LogP contribution in [0.1, 0.15) is 28.7 Å². The molecule has 0 spiro atoms. The number of hydrogen-bond acceptors (Lipinski definition) is 2. The van der Waals surface area contributed by atoms with E-state index in [4.69, 9.17) is 0 Å². The Morgan fingerprint density at radius 1 is 1.38 bits per heavy atom. The van der Waals surface area contributed by atoms with E-state index in [1.54, 1.807) is 6.92 Å². The van der Waals surface area contributed by atoms with E-state index in [1.165, 1.54) is 13.0 Å². The smallest absolute Gasteiger partial charge is 0.192 e. The van der Waals surface area contributed by atoms with Gasteiger partial charge in [0.1, 0.15) is 0 Å². The number of aryl methyl sites for hydroxylation is 1. The molecule has 0 atom stereocenters. The lowest BCUT2D eigenvalue weighted by Gasteiger charge is -2.10. The van der Waals surface area contributed by atoms with E-state index < -0.39 is 0 Å². The third-order valence-electron chi connectivity index (χ3n) is 2.33. The molecular formula is C10H13NO2. The van der Waals surface area contributed by atoms with Crippen molar-refractivity contribution in [1.29, 1.82) is 0 Å². The molecule has 0 radical (unpaired) electrons. The highest BCUT2D eigenvalue weighted by atomic mass is 16.1. The number of aromatic nitrogens is 1. The molecule has 0 saturated heterocycles. The summed E-state index contributed by atoms with van der Waals surface area (Å²) in [5, 5.41) is 0. The average Bonchev–Trinajstić information content (AvgIpc) is 1.99. The summed E-state index contributed by atoms with van der Waals surface area (Å²) in [7, 11) is 1.84. The van der Waals surface area contributed by atoms with Crippen molar-refractivity contribution < 1.29 is 4.79 Å². The standard InChI is InChI=1S/C10H13NO2/c1-6-5-9(13)10(8(3)12)7(2)11(6)4/h5H,1-4H3. The van der Waals surface area contributed by atoms with Crippen LogP contribution in [0, 0.1) is 13.8 Å². The number of pyridine rings is 1. The first-order valence-electron chi connectivity index (χ1n) is 4.13. The Hall–Kier alpha value is -1.38. The number of carbonyl (C=O) groups is 1. The van der Waals surface area contributed by atoms with Gasteiger partial charge >= 0.3 is 0 Å². The van der Waals surface area contributed by atoms with Gasteiger partial charge in [0.25, 0.3) is 0 Å². The van der Waals surface area contributed by atoms with E-state index in [9.17, 15) is 9.59 Å². The normalized spacial score (nSPS) is 10.2. The Morgan fingerprint density at radius 2 is 1.92 bits per heavy atom. The minimum atomic E-state index is -0.180. The van der Waals surface area contributed by atoms with E-state index in [2.05, 4.69) is 0 Å². The lowest BCUT2D eigenvalue weighted by Crippen LogP contribution is -2.20. The molecule has 1 aromatic heterocycles. The molecule has 0 unspecified atom stereocenters. The molecule has 70 valence electrons. The van der Waals surface area contributed by atoms with Crippen LogP contribution in [0.3, 0.4) is 0 Å².